The summed E-state index contributed by atoms with van der Waals surface area (Å²) in [6.45, 7) is -0.424. The van der Waals surface area contributed by atoms with Gasteiger partial charge in [0.15, 0.2) is 0 Å². The fourth-order valence-corrected chi connectivity index (χ4v) is 1.19. The molecule has 5 nitrogen and oxygen atoms in total. The molecule has 0 saturated carbocycles. The molecule has 0 aliphatic heterocycles. The Morgan fingerprint density at radius 3 is 2.87 bits per heavy atom. The second kappa shape index (κ2) is 6.23. The smallest absolute Gasteiger partial charge is 0.137 e. The summed E-state index contributed by atoms with van der Waals surface area (Å²) in [4.78, 5) is 14.7. The number of aldehydes is 1. The number of hydrogen-bond acceptors (Lipinski definition) is 5. The van der Waals surface area contributed by atoms with Crippen LogP contribution in [-0.2, 0) is 11.2 Å². The Labute approximate surface area is 87.8 Å². The number of aliphatic hydroxyl groups excluding tert-OH is 2. The first kappa shape index (κ1) is 11.8. The molecule has 0 saturated heterocycles. The molecule has 1 unspecified atom stereocenters. The lowest BCUT2D eigenvalue weighted by atomic mass is 10.1. The highest BCUT2D eigenvalue weighted by molar-refractivity contribution is 5.58. The summed E-state index contributed by atoms with van der Waals surface area (Å²) in [5, 5.41) is 20.3. The van der Waals surface area contributed by atoms with Crippen LogP contribution in [-0.4, -0.2) is 40.4 Å². The molecule has 15 heavy (non-hydrogen) atoms. The lowest BCUT2D eigenvalue weighted by Crippen LogP contribution is -2.42. The molecule has 1 aromatic heterocycles. The molecule has 0 radical (unpaired) electrons. The van der Waals surface area contributed by atoms with E-state index in [1.807, 2.05) is 6.07 Å². The number of carbonyl (C=O) groups is 1. The van der Waals surface area contributed by atoms with E-state index in [0.29, 0.717) is 12.7 Å². The van der Waals surface area contributed by atoms with Gasteiger partial charge in [-0.3, -0.25) is 10.3 Å². The van der Waals surface area contributed by atoms with Crippen molar-refractivity contribution in [2.24, 2.45) is 0 Å². The van der Waals surface area contributed by atoms with Crippen LogP contribution in [0, 0.1) is 0 Å². The average molecular weight is 210 g/mol. The predicted octanol–water partition coefficient (Wildman–Crippen LogP) is -0.908. The Bertz CT molecular complexity index is 292. The maximum atomic E-state index is 10.7. The zero-order valence-corrected chi connectivity index (χ0v) is 8.21. The van der Waals surface area contributed by atoms with Crippen LogP contribution in [0.15, 0.2) is 24.4 Å². The average Bonchev–Trinajstić information content (AvgIpc) is 2.29. The molecule has 3 N–H and O–H groups in total. The molecule has 0 aliphatic rings. The standard InChI is InChI=1S/C10H14N2O3/c13-6-9(12-10(15)7-14)5-8-3-1-2-4-11-8/h1-4,6,9-10,12,14-15H,5,7H2/t9-,10?/m0/s1. The Morgan fingerprint density at radius 1 is 1.53 bits per heavy atom. The highest BCUT2D eigenvalue weighted by atomic mass is 16.3. The quantitative estimate of drug-likeness (QED) is 0.418. The lowest BCUT2D eigenvalue weighted by Gasteiger charge is -2.15. The number of aliphatic hydroxyl groups is 2. The van der Waals surface area contributed by atoms with Crippen LogP contribution in [0.3, 0.4) is 0 Å². The van der Waals surface area contributed by atoms with Gasteiger partial charge in [-0.25, -0.2) is 0 Å². The molecule has 0 aromatic carbocycles. The van der Waals surface area contributed by atoms with Crippen LogP contribution in [0.25, 0.3) is 0 Å². The van der Waals surface area contributed by atoms with Crippen molar-refractivity contribution >= 4 is 6.29 Å². The van der Waals surface area contributed by atoms with Crippen molar-refractivity contribution in [2.75, 3.05) is 6.61 Å². The first-order chi connectivity index (χ1) is 7.26. The molecular weight excluding hydrogens is 196 g/mol. The number of rotatable bonds is 6. The van der Waals surface area contributed by atoms with E-state index in [0.717, 1.165) is 5.69 Å². The molecular formula is C10H14N2O3. The summed E-state index contributed by atoms with van der Waals surface area (Å²) < 4.78 is 0. The van der Waals surface area contributed by atoms with Crippen molar-refractivity contribution in [2.45, 2.75) is 18.7 Å². The third-order valence-corrected chi connectivity index (χ3v) is 1.90. The van der Waals surface area contributed by atoms with E-state index in [9.17, 15) is 4.79 Å². The minimum Gasteiger partial charge on any atom is -0.392 e. The van der Waals surface area contributed by atoms with Gasteiger partial charge in [0.05, 0.1) is 12.6 Å². The Hall–Kier alpha value is -1.30. The van der Waals surface area contributed by atoms with Crippen LogP contribution >= 0.6 is 0 Å². The molecule has 1 heterocycles. The Morgan fingerprint density at radius 2 is 2.33 bits per heavy atom. The highest BCUT2D eigenvalue weighted by Gasteiger charge is 2.12. The minimum absolute atomic E-state index is 0.390. The van der Waals surface area contributed by atoms with Gasteiger partial charge in [0.2, 0.25) is 0 Å². The highest BCUT2D eigenvalue weighted by Crippen LogP contribution is 1.98. The second-order valence-electron chi connectivity index (χ2n) is 3.13. The van der Waals surface area contributed by atoms with E-state index in [1.165, 1.54) is 0 Å². The fraction of sp³-hybridized carbons (Fsp3) is 0.400. The van der Waals surface area contributed by atoms with Gasteiger partial charge in [-0.2, -0.15) is 0 Å². The summed E-state index contributed by atoms with van der Waals surface area (Å²) in [6.07, 6.45) is 1.64. The van der Waals surface area contributed by atoms with E-state index in [4.69, 9.17) is 10.2 Å². The molecule has 0 spiro atoms. The number of hydrogen-bond donors (Lipinski definition) is 3. The summed E-state index contributed by atoms with van der Waals surface area (Å²) in [5.41, 5.74) is 0.757. The van der Waals surface area contributed by atoms with Crippen LogP contribution in [0.4, 0.5) is 0 Å². The predicted molar refractivity (Wildman–Crippen MR) is 54.0 cm³/mol. The number of nitrogens with zero attached hydrogens (tertiary/aromatic N) is 1. The molecule has 0 amide bonds. The van der Waals surface area contributed by atoms with E-state index in [2.05, 4.69) is 10.3 Å². The zero-order valence-electron chi connectivity index (χ0n) is 8.21. The first-order valence-corrected chi connectivity index (χ1v) is 4.66. The van der Waals surface area contributed by atoms with Crippen LogP contribution < -0.4 is 5.32 Å². The van der Waals surface area contributed by atoms with Gasteiger partial charge < -0.3 is 15.0 Å². The van der Waals surface area contributed by atoms with Crippen molar-refractivity contribution in [3.8, 4) is 0 Å². The monoisotopic (exact) mass is 210 g/mol. The molecule has 2 atom stereocenters. The van der Waals surface area contributed by atoms with Crippen LogP contribution in [0.2, 0.25) is 0 Å². The topological polar surface area (TPSA) is 82.5 Å². The van der Waals surface area contributed by atoms with E-state index in [1.54, 1.807) is 18.3 Å². The van der Waals surface area contributed by atoms with Gasteiger partial charge in [0, 0.05) is 18.3 Å². The lowest BCUT2D eigenvalue weighted by molar-refractivity contribution is -0.110. The van der Waals surface area contributed by atoms with E-state index >= 15 is 0 Å². The SMILES string of the molecule is O=C[C@H](Cc1ccccn1)NC(O)CO. The van der Waals surface area contributed by atoms with Crippen molar-refractivity contribution in [1.82, 2.24) is 10.3 Å². The summed E-state index contributed by atoms with van der Waals surface area (Å²) >= 11 is 0. The number of pyridine rings is 1. The van der Waals surface area contributed by atoms with Gasteiger partial charge in [-0.05, 0) is 12.1 Å². The molecule has 1 aromatic rings. The van der Waals surface area contributed by atoms with Crippen molar-refractivity contribution in [3.05, 3.63) is 30.1 Å². The number of aromatic nitrogens is 1. The van der Waals surface area contributed by atoms with E-state index in [-0.39, 0.29) is 0 Å². The molecule has 5 heteroatoms. The van der Waals surface area contributed by atoms with Gasteiger partial charge in [0.25, 0.3) is 0 Å². The largest absolute Gasteiger partial charge is 0.392 e. The molecule has 0 bridgehead atoms. The van der Waals surface area contributed by atoms with Gasteiger partial charge >= 0.3 is 0 Å². The second-order valence-corrected chi connectivity index (χ2v) is 3.13. The van der Waals surface area contributed by atoms with Crippen molar-refractivity contribution < 1.29 is 15.0 Å². The summed E-state index contributed by atoms with van der Waals surface area (Å²) in [6, 6.07) is 4.87. The van der Waals surface area contributed by atoms with Crippen LogP contribution in [0.1, 0.15) is 5.69 Å². The molecule has 0 fully saturated rings. The first-order valence-electron chi connectivity index (χ1n) is 4.66. The number of nitrogens with one attached hydrogen (secondary N) is 1. The Kier molecular flexibility index (Phi) is 4.89. The Balaban J connectivity index is 2.50. The van der Waals surface area contributed by atoms with Gasteiger partial charge in [0.1, 0.15) is 12.5 Å². The molecule has 0 aliphatic carbocycles. The fourth-order valence-electron chi connectivity index (χ4n) is 1.19. The third kappa shape index (κ3) is 4.16. The summed E-state index contributed by atoms with van der Waals surface area (Å²) in [5.74, 6) is 0. The summed E-state index contributed by atoms with van der Waals surface area (Å²) in [7, 11) is 0. The normalized spacial score (nSPS) is 14.5. The van der Waals surface area contributed by atoms with Crippen LogP contribution in [0.5, 0.6) is 0 Å². The van der Waals surface area contributed by atoms with Gasteiger partial charge in [-0.15, -0.1) is 0 Å². The van der Waals surface area contributed by atoms with Gasteiger partial charge in [-0.1, -0.05) is 6.07 Å². The van der Waals surface area contributed by atoms with E-state index < -0.39 is 18.9 Å². The third-order valence-electron chi connectivity index (χ3n) is 1.90. The van der Waals surface area contributed by atoms with Crippen molar-refractivity contribution in [1.29, 1.82) is 0 Å². The molecule has 1 rings (SSSR count). The maximum Gasteiger partial charge on any atom is 0.137 e. The minimum atomic E-state index is -1.08. The zero-order chi connectivity index (χ0) is 11.1. The maximum absolute atomic E-state index is 10.7. The molecule has 82 valence electrons. The van der Waals surface area contributed by atoms with Crippen molar-refractivity contribution in [3.63, 3.8) is 0 Å². The number of carbonyl (C=O) groups excluding carboxylic acids is 1.